The normalized spacial score (nSPS) is 13.5. The fourth-order valence-electron chi connectivity index (χ4n) is 2.21. The average molecular weight is 305 g/mol. The molecule has 1 saturated carbocycles. The number of carbonyl (C=O) groups excluding carboxylic acids is 2. The molecule has 0 aliphatic heterocycles. The Hall–Kier alpha value is -2.11. The van der Waals surface area contributed by atoms with E-state index in [1.165, 1.54) is 7.11 Å². The minimum Gasteiger partial charge on any atom is -0.469 e. The van der Waals surface area contributed by atoms with Crippen LogP contribution in [0.15, 0.2) is 24.4 Å². The van der Waals surface area contributed by atoms with Crippen molar-refractivity contribution in [1.82, 2.24) is 15.2 Å². The van der Waals surface area contributed by atoms with Gasteiger partial charge in [0, 0.05) is 25.2 Å². The molecule has 120 valence electrons. The summed E-state index contributed by atoms with van der Waals surface area (Å²) in [5.41, 5.74) is 0.898. The number of amides is 2. The van der Waals surface area contributed by atoms with Crippen LogP contribution in [0.25, 0.3) is 0 Å². The molecule has 22 heavy (non-hydrogen) atoms. The first-order chi connectivity index (χ1) is 10.7. The van der Waals surface area contributed by atoms with Crippen LogP contribution in [0.4, 0.5) is 4.79 Å². The van der Waals surface area contributed by atoms with Gasteiger partial charge in [0.15, 0.2) is 0 Å². The van der Waals surface area contributed by atoms with E-state index in [9.17, 15) is 9.59 Å². The average Bonchev–Trinajstić information content (AvgIpc) is 3.37. The molecule has 1 aliphatic carbocycles. The van der Waals surface area contributed by atoms with Crippen LogP contribution in [0.2, 0.25) is 0 Å². The number of unbranched alkanes of at least 4 members (excludes halogenated alkanes) is 1. The van der Waals surface area contributed by atoms with E-state index in [1.807, 2.05) is 23.1 Å². The number of carbonyl (C=O) groups is 2. The summed E-state index contributed by atoms with van der Waals surface area (Å²) in [5, 5.41) is 2.92. The highest BCUT2D eigenvalue weighted by Crippen LogP contribution is 2.28. The summed E-state index contributed by atoms with van der Waals surface area (Å²) < 4.78 is 4.58. The van der Waals surface area contributed by atoms with Gasteiger partial charge in [-0.1, -0.05) is 6.07 Å². The number of methoxy groups -OCH3 is 1. The third kappa shape index (κ3) is 5.35. The summed E-state index contributed by atoms with van der Waals surface area (Å²) >= 11 is 0. The number of pyridine rings is 1. The molecule has 1 aliphatic rings. The van der Waals surface area contributed by atoms with Crippen molar-refractivity contribution in [3.63, 3.8) is 0 Å². The van der Waals surface area contributed by atoms with Crippen molar-refractivity contribution in [1.29, 1.82) is 0 Å². The van der Waals surface area contributed by atoms with Crippen LogP contribution >= 0.6 is 0 Å². The van der Waals surface area contributed by atoms with Crippen LogP contribution in [-0.4, -0.2) is 41.6 Å². The molecular formula is C16H23N3O3. The number of nitrogens with zero attached hydrogens (tertiary/aromatic N) is 2. The molecule has 0 atom stereocenters. The van der Waals surface area contributed by atoms with Crippen molar-refractivity contribution >= 4 is 12.0 Å². The van der Waals surface area contributed by atoms with Crippen molar-refractivity contribution in [2.75, 3.05) is 13.7 Å². The standard InChI is InChI=1S/C16H23N3O3/c1-22-15(20)7-3-5-11-18-16(21)19(14-8-9-14)12-13-6-2-4-10-17-13/h2,4,6,10,14H,3,5,7-9,11-12H2,1H3,(H,18,21). The van der Waals surface area contributed by atoms with Gasteiger partial charge in [0.1, 0.15) is 0 Å². The second-order valence-electron chi connectivity index (χ2n) is 5.45. The molecule has 2 amide bonds. The Labute approximate surface area is 130 Å². The first-order valence-corrected chi connectivity index (χ1v) is 7.72. The van der Waals surface area contributed by atoms with E-state index in [2.05, 4.69) is 15.0 Å². The van der Waals surface area contributed by atoms with E-state index >= 15 is 0 Å². The zero-order chi connectivity index (χ0) is 15.8. The zero-order valence-corrected chi connectivity index (χ0v) is 13.0. The maximum absolute atomic E-state index is 12.3. The number of rotatable bonds is 8. The van der Waals surface area contributed by atoms with Crippen LogP contribution in [0.1, 0.15) is 37.8 Å². The van der Waals surface area contributed by atoms with E-state index in [-0.39, 0.29) is 12.0 Å². The van der Waals surface area contributed by atoms with E-state index in [0.29, 0.717) is 25.6 Å². The Morgan fingerprint density at radius 3 is 2.82 bits per heavy atom. The van der Waals surface area contributed by atoms with Gasteiger partial charge >= 0.3 is 12.0 Å². The first kappa shape index (κ1) is 16.3. The quantitative estimate of drug-likeness (QED) is 0.590. The van der Waals surface area contributed by atoms with Gasteiger partial charge in [0.25, 0.3) is 0 Å². The Morgan fingerprint density at radius 2 is 2.18 bits per heavy atom. The number of ether oxygens (including phenoxy) is 1. The van der Waals surface area contributed by atoms with Crippen LogP contribution in [-0.2, 0) is 16.1 Å². The van der Waals surface area contributed by atoms with E-state index in [1.54, 1.807) is 6.20 Å². The lowest BCUT2D eigenvalue weighted by molar-refractivity contribution is -0.140. The molecular weight excluding hydrogens is 282 g/mol. The Kier molecular flexibility index (Phi) is 6.18. The number of hydrogen-bond acceptors (Lipinski definition) is 4. The molecule has 0 saturated heterocycles. The molecule has 0 radical (unpaired) electrons. The lowest BCUT2D eigenvalue weighted by atomic mass is 10.2. The van der Waals surface area contributed by atoms with Crippen molar-refractivity contribution in [3.05, 3.63) is 30.1 Å². The Balaban J connectivity index is 1.72. The summed E-state index contributed by atoms with van der Waals surface area (Å²) in [7, 11) is 1.38. The van der Waals surface area contributed by atoms with Gasteiger partial charge < -0.3 is 15.0 Å². The fourth-order valence-corrected chi connectivity index (χ4v) is 2.21. The topological polar surface area (TPSA) is 71.5 Å². The molecule has 2 rings (SSSR count). The highest BCUT2D eigenvalue weighted by Gasteiger charge is 2.32. The molecule has 0 spiro atoms. The predicted molar refractivity (Wildman–Crippen MR) is 82.1 cm³/mol. The van der Waals surface area contributed by atoms with Gasteiger partial charge in [-0.05, 0) is 37.8 Å². The zero-order valence-electron chi connectivity index (χ0n) is 13.0. The predicted octanol–water partition coefficient (Wildman–Crippen LogP) is 2.10. The fraction of sp³-hybridized carbons (Fsp3) is 0.562. The molecule has 1 N–H and O–H groups in total. The van der Waals surface area contributed by atoms with Crippen molar-refractivity contribution in [2.45, 2.75) is 44.7 Å². The molecule has 0 unspecified atom stereocenters. The first-order valence-electron chi connectivity index (χ1n) is 7.72. The summed E-state index contributed by atoms with van der Waals surface area (Å²) in [6.45, 7) is 1.11. The molecule has 6 heteroatoms. The van der Waals surface area contributed by atoms with Crippen molar-refractivity contribution in [2.24, 2.45) is 0 Å². The van der Waals surface area contributed by atoms with Gasteiger partial charge in [0.2, 0.25) is 0 Å². The van der Waals surface area contributed by atoms with E-state index in [0.717, 1.165) is 31.4 Å². The van der Waals surface area contributed by atoms with Crippen LogP contribution in [0.3, 0.4) is 0 Å². The SMILES string of the molecule is COC(=O)CCCCNC(=O)N(Cc1ccccn1)C1CC1. The Morgan fingerprint density at radius 1 is 1.36 bits per heavy atom. The van der Waals surface area contributed by atoms with Crippen molar-refractivity contribution in [3.8, 4) is 0 Å². The second-order valence-corrected chi connectivity index (χ2v) is 5.45. The van der Waals surface area contributed by atoms with E-state index in [4.69, 9.17) is 0 Å². The van der Waals surface area contributed by atoms with Gasteiger partial charge in [-0.15, -0.1) is 0 Å². The maximum Gasteiger partial charge on any atom is 0.318 e. The minimum atomic E-state index is -0.207. The third-order valence-corrected chi connectivity index (χ3v) is 3.62. The van der Waals surface area contributed by atoms with Gasteiger partial charge in [-0.2, -0.15) is 0 Å². The molecule has 1 aromatic rings. The number of urea groups is 1. The number of aromatic nitrogens is 1. The maximum atomic E-state index is 12.3. The number of nitrogens with one attached hydrogen (secondary N) is 1. The van der Waals surface area contributed by atoms with Crippen LogP contribution in [0.5, 0.6) is 0 Å². The molecule has 1 heterocycles. The summed E-state index contributed by atoms with van der Waals surface area (Å²) in [5.74, 6) is -0.207. The summed E-state index contributed by atoms with van der Waals surface area (Å²) in [6.07, 6.45) is 5.74. The van der Waals surface area contributed by atoms with Gasteiger partial charge in [-0.3, -0.25) is 9.78 Å². The summed E-state index contributed by atoms with van der Waals surface area (Å²) in [4.78, 5) is 29.4. The van der Waals surface area contributed by atoms with Gasteiger partial charge in [0.05, 0.1) is 19.3 Å². The van der Waals surface area contributed by atoms with Gasteiger partial charge in [-0.25, -0.2) is 4.79 Å². The largest absolute Gasteiger partial charge is 0.469 e. The molecule has 1 fully saturated rings. The molecule has 0 aromatic carbocycles. The summed E-state index contributed by atoms with van der Waals surface area (Å²) in [6, 6.07) is 6.01. The highest BCUT2D eigenvalue weighted by atomic mass is 16.5. The van der Waals surface area contributed by atoms with Crippen LogP contribution in [0, 0.1) is 0 Å². The minimum absolute atomic E-state index is 0.0498. The number of hydrogen-bond donors (Lipinski definition) is 1. The third-order valence-electron chi connectivity index (χ3n) is 3.62. The monoisotopic (exact) mass is 305 g/mol. The molecule has 1 aromatic heterocycles. The molecule has 6 nitrogen and oxygen atoms in total. The van der Waals surface area contributed by atoms with Crippen molar-refractivity contribution < 1.29 is 14.3 Å². The highest BCUT2D eigenvalue weighted by molar-refractivity contribution is 5.74. The molecule has 0 bridgehead atoms. The lowest BCUT2D eigenvalue weighted by Gasteiger charge is -2.22. The second kappa shape index (κ2) is 8.36. The lowest BCUT2D eigenvalue weighted by Crippen LogP contribution is -2.41. The van der Waals surface area contributed by atoms with Crippen LogP contribution < -0.4 is 5.32 Å². The number of esters is 1. The van der Waals surface area contributed by atoms with E-state index < -0.39 is 0 Å². The smallest absolute Gasteiger partial charge is 0.318 e. The Bertz CT molecular complexity index is 489.